The predicted molar refractivity (Wildman–Crippen MR) is 118 cm³/mol. The number of amides is 2. The van der Waals surface area contributed by atoms with Gasteiger partial charge in [-0.25, -0.2) is 0 Å². The number of benzene rings is 1. The Labute approximate surface area is 189 Å². The Balaban J connectivity index is 2.04. The number of hydrogen-bond acceptors (Lipinski definition) is 7. The minimum absolute atomic E-state index is 0.202. The minimum atomic E-state index is -1.43. The molecule has 1 heterocycles. The molecule has 0 bridgehead atoms. The number of para-hydroxylation sites is 1. The van der Waals surface area contributed by atoms with Crippen LogP contribution in [0.3, 0.4) is 0 Å². The van der Waals surface area contributed by atoms with Crippen molar-refractivity contribution in [3.63, 3.8) is 0 Å². The molecule has 0 aromatic heterocycles. The molecule has 180 valence electrons. The van der Waals surface area contributed by atoms with Gasteiger partial charge in [0.1, 0.15) is 30.1 Å². The average molecular weight is 453 g/mol. The monoisotopic (exact) mass is 452 g/mol. The smallest absolute Gasteiger partial charge is 0.255 e. The van der Waals surface area contributed by atoms with E-state index >= 15 is 0 Å². The Hall–Kier alpha value is -2.20. The lowest BCUT2D eigenvalue weighted by molar-refractivity contribution is -0.244. The summed E-state index contributed by atoms with van der Waals surface area (Å²) in [6.45, 7) is 3.43. The number of hydrogen-bond donors (Lipinski definition) is 5. The number of carbonyl (C=O) groups excluding carboxylic acids is 2. The lowest BCUT2D eigenvalue weighted by atomic mass is 9.97. The topological polar surface area (TPSA) is 137 Å². The van der Waals surface area contributed by atoms with Crippen LogP contribution in [0.1, 0.15) is 62.7 Å². The van der Waals surface area contributed by atoms with Crippen molar-refractivity contribution in [2.75, 3.05) is 13.2 Å². The summed E-state index contributed by atoms with van der Waals surface area (Å²) in [7, 11) is 0. The molecule has 0 radical (unpaired) electrons. The van der Waals surface area contributed by atoms with Gasteiger partial charge < -0.3 is 35.4 Å². The maximum Gasteiger partial charge on any atom is 0.255 e. The number of nitrogens with one attached hydrogen (secondary N) is 2. The van der Waals surface area contributed by atoms with Gasteiger partial charge >= 0.3 is 0 Å². The molecule has 32 heavy (non-hydrogen) atoms. The van der Waals surface area contributed by atoms with Crippen molar-refractivity contribution in [2.24, 2.45) is 0 Å². The Morgan fingerprint density at radius 3 is 2.44 bits per heavy atom. The van der Waals surface area contributed by atoms with Crippen LogP contribution in [0.15, 0.2) is 24.3 Å². The highest BCUT2D eigenvalue weighted by Crippen LogP contribution is 2.26. The molecule has 5 N–H and O–H groups in total. The Morgan fingerprint density at radius 2 is 1.75 bits per heavy atom. The van der Waals surface area contributed by atoms with E-state index in [4.69, 9.17) is 9.47 Å². The highest BCUT2D eigenvalue weighted by molar-refractivity contribution is 5.96. The number of aliphatic hydroxyl groups is 3. The van der Waals surface area contributed by atoms with Gasteiger partial charge in [-0.3, -0.25) is 9.59 Å². The van der Waals surface area contributed by atoms with E-state index in [1.807, 2.05) is 0 Å². The first kappa shape index (κ1) is 26.1. The van der Waals surface area contributed by atoms with E-state index in [-0.39, 0.29) is 17.2 Å². The summed E-state index contributed by atoms with van der Waals surface area (Å²) in [6.07, 6.45) is 1.54. The SMILES string of the molecule is CCCCCCCCNC(=O)c1ccccc1OC1OC(CO)C(O)C(O)C1NC(C)=O. The lowest BCUT2D eigenvalue weighted by Gasteiger charge is -2.42. The molecule has 2 rings (SSSR count). The first-order chi connectivity index (χ1) is 15.4. The molecule has 1 aromatic rings. The fourth-order valence-electron chi connectivity index (χ4n) is 3.66. The molecule has 1 aliphatic rings. The summed E-state index contributed by atoms with van der Waals surface area (Å²) in [6, 6.07) is 5.49. The molecule has 0 aliphatic carbocycles. The van der Waals surface area contributed by atoms with Gasteiger partial charge in [0.15, 0.2) is 0 Å². The number of rotatable bonds is 12. The van der Waals surface area contributed by atoms with Gasteiger partial charge in [0.25, 0.3) is 5.91 Å². The third kappa shape index (κ3) is 7.44. The van der Waals surface area contributed by atoms with Crippen molar-refractivity contribution in [1.82, 2.24) is 10.6 Å². The predicted octanol–water partition coefficient (Wildman–Crippen LogP) is 1.10. The number of unbranched alkanes of at least 4 members (excludes halogenated alkanes) is 5. The summed E-state index contributed by atoms with van der Waals surface area (Å²) in [5, 5.41) is 35.4. The summed E-state index contributed by atoms with van der Waals surface area (Å²) in [5.41, 5.74) is 0.282. The minimum Gasteiger partial charge on any atom is -0.462 e. The van der Waals surface area contributed by atoms with Gasteiger partial charge in [-0.15, -0.1) is 0 Å². The van der Waals surface area contributed by atoms with E-state index in [2.05, 4.69) is 17.6 Å². The zero-order valence-corrected chi connectivity index (χ0v) is 18.8. The molecule has 9 nitrogen and oxygen atoms in total. The van der Waals surface area contributed by atoms with Gasteiger partial charge in [-0.1, -0.05) is 51.2 Å². The molecule has 1 fully saturated rings. The summed E-state index contributed by atoms with van der Waals surface area (Å²) < 4.78 is 11.5. The zero-order valence-electron chi connectivity index (χ0n) is 18.8. The highest BCUT2D eigenvalue weighted by Gasteiger charge is 2.46. The van der Waals surface area contributed by atoms with Crippen LogP contribution in [-0.2, 0) is 9.53 Å². The van der Waals surface area contributed by atoms with E-state index in [0.717, 1.165) is 19.3 Å². The van der Waals surface area contributed by atoms with E-state index in [0.29, 0.717) is 6.54 Å². The van der Waals surface area contributed by atoms with Crippen LogP contribution in [0.5, 0.6) is 5.75 Å². The first-order valence-electron chi connectivity index (χ1n) is 11.3. The molecular weight excluding hydrogens is 416 g/mol. The average Bonchev–Trinajstić information content (AvgIpc) is 2.78. The number of carbonyl (C=O) groups is 2. The Morgan fingerprint density at radius 1 is 1.06 bits per heavy atom. The Kier molecular flexibility index (Phi) is 10.9. The second-order valence-corrected chi connectivity index (χ2v) is 8.07. The molecule has 5 unspecified atom stereocenters. The van der Waals surface area contributed by atoms with Crippen LogP contribution in [0, 0.1) is 0 Å². The normalized spacial score (nSPS) is 25.2. The fourth-order valence-corrected chi connectivity index (χ4v) is 3.66. The van der Waals surface area contributed by atoms with Crippen LogP contribution < -0.4 is 15.4 Å². The van der Waals surface area contributed by atoms with Gasteiger partial charge in [0, 0.05) is 13.5 Å². The van der Waals surface area contributed by atoms with E-state index < -0.39 is 43.2 Å². The third-order valence-electron chi connectivity index (χ3n) is 5.44. The maximum absolute atomic E-state index is 12.7. The van der Waals surface area contributed by atoms with E-state index in [1.54, 1.807) is 24.3 Å². The van der Waals surface area contributed by atoms with Crippen molar-refractivity contribution in [2.45, 2.75) is 83.0 Å². The van der Waals surface area contributed by atoms with Gasteiger partial charge in [-0.05, 0) is 18.6 Å². The van der Waals surface area contributed by atoms with Crippen molar-refractivity contribution in [3.05, 3.63) is 29.8 Å². The maximum atomic E-state index is 12.7. The van der Waals surface area contributed by atoms with Gasteiger partial charge in [0.2, 0.25) is 12.2 Å². The first-order valence-corrected chi connectivity index (χ1v) is 11.3. The second kappa shape index (κ2) is 13.4. The van der Waals surface area contributed by atoms with Crippen LogP contribution in [0.2, 0.25) is 0 Å². The number of ether oxygens (including phenoxy) is 2. The molecule has 1 aromatic carbocycles. The lowest BCUT2D eigenvalue weighted by Crippen LogP contribution is -2.65. The molecule has 0 saturated carbocycles. The van der Waals surface area contributed by atoms with Crippen LogP contribution in [-0.4, -0.2) is 70.9 Å². The molecule has 2 amide bonds. The molecular formula is C23H36N2O7. The molecule has 0 spiro atoms. The number of aliphatic hydroxyl groups excluding tert-OH is 3. The van der Waals surface area contributed by atoms with Crippen molar-refractivity contribution in [1.29, 1.82) is 0 Å². The summed E-state index contributed by atoms with van der Waals surface area (Å²) in [4.78, 5) is 24.3. The Bertz CT molecular complexity index is 730. The molecule has 5 atom stereocenters. The van der Waals surface area contributed by atoms with E-state index in [9.17, 15) is 24.9 Å². The fraction of sp³-hybridized carbons (Fsp3) is 0.652. The van der Waals surface area contributed by atoms with Crippen molar-refractivity contribution in [3.8, 4) is 5.75 Å². The standard InChI is InChI=1S/C23H36N2O7/c1-3-4-5-6-7-10-13-24-22(30)16-11-8-9-12-17(16)31-23-19(25-15(2)27)21(29)20(28)18(14-26)32-23/h8-9,11-12,18-21,23,26,28-29H,3-7,10,13-14H2,1-2H3,(H,24,30)(H,25,27). The third-order valence-corrected chi connectivity index (χ3v) is 5.44. The van der Waals surface area contributed by atoms with Crippen LogP contribution in [0.25, 0.3) is 0 Å². The van der Waals surface area contributed by atoms with Crippen molar-refractivity contribution >= 4 is 11.8 Å². The molecule has 9 heteroatoms. The molecule has 1 saturated heterocycles. The largest absolute Gasteiger partial charge is 0.462 e. The van der Waals surface area contributed by atoms with Crippen LogP contribution >= 0.6 is 0 Å². The molecule has 1 aliphatic heterocycles. The summed E-state index contributed by atoms with van der Waals surface area (Å²) in [5.74, 6) is -0.556. The quantitative estimate of drug-likeness (QED) is 0.300. The zero-order chi connectivity index (χ0) is 23.5. The van der Waals surface area contributed by atoms with Crippen LogP contribution in [0.4, 0.5) is 0 Å². The second-order valence-electron chi connectivity index (χ2n) is 8.07. The van der Waals surface area contributed by atoms with E-state index in [1.165, 1.54) is 26.2 Å². The highest BCUT2D eigenvalue weighted by atomic mass is 16.7. The van der Waals surface area contributed by atoms with Crippen molar-refractivity contribution < 1.29 is 34.4 Å². The van der Waals surface area contributed by atoms with Gasteiger partial charge in [-0.2, -0.15) is 0 Å². The van der Waals surface area contributed by atoms with Gasteiger partial charge in [0.05, 0.1) is 12.2 Å². The summed E-state index contributed by atoms with van der Waals surface area (Å²) >= 11 is 0.